The fourth-order valence-corrected chi connectivity index (χ4v) is 3.91. The van der Waals surface area contributed by atoms with Crippen molar-refractivity contribution in [3.05, 3.63) is 99.0 Å². The van der Waals surface area contributed by atoms with Gasteiger partial charge in [0.15, 0.2) is 6.04 Å². The molecule has 0 bridgehead atoms. The topological polar surface area (TPSA) is 70.4 Å². The molecule has 3 aromatic rings. The molecule has 1 saturated heterocycles. The Morgan fingerprint density at radius 1 is 1.06 bits per heavy atom. The third-order valence-corrected chi connectivity index (χ3v) is 5.93. The molecule has 2 amide bonds. The summed E-state index contributed by atoms with van der Waals surface area (Å²) in [5, 5.41) is 3.41. The van der Waals surface area contributed by atoms with Crippen LogP contribution in [0.2, 0.25) is 5.02 Å². The Morgan fingerprint density at radius 3 is 2.34 bits per heavy atom. The number of nitrogens with zero attached hydrogens (tertiary/aromatic N) is 1. The number of methoxy groups -OCH3 is 1. The summed E-state index contributed by atoms with van der Waals surface area (Å²) in [5.41, 5.74) is 5.04. The molecule has 4 rings (SSSR count). The van der Waals surface area contributed by atoms with E-state index in [1.54, 1.807) is 36.1 Å². The first-order valence-electron chi connectivity index (χ1n) is 9.84. The lowest BCUT2D eigenvalue weighted by Gasteiger charge is -2.15. The summed E-state index contributed by atoms with van der Waals surface area (Å²) < 4.78 is 7.94. The maximum atomic E-state index is 12.9. The van der Waals surface area contributed by atoms with Gasteiger partial charge in [0.05, 0.1) is 7.11 Å². The van der Waals surface area contributed by atoms with Crippen LogP contribution in [0.5, 0.6) is 5.75 Å². The molecular formula is C24H20BrClN3O3+. The normalized spacial score (nSPS) is 19.0. The predicted octanol–water partition coefficient (Wildman–Crippen LogP) is 4.13. The van der Waals surface area contributed by atoms with Crippen LogP contribution < -0.4 is 15.5 Å². The summed E-state index contributed by atoms with van der Waals surface area (Å²) in [6.45, 7) is 0. The van der Waals surface area contributed by atoms with Crippen molar-refractivity contribution < 1.29 is 19.0 Å². The lowest BCUT2D eigenvalue weighted by atomic mass is 9.99. The van der Waals surface area contributed by atoms with Crippen molar-refractivity contribution in [2.24, 2.45) is 0 Å². The van der Waals surface area contributed by atoms with Gasteiger partial charge in [-0.05, 0) is 72.8 Å². The Hall–Kier alpha value is -3.16. The van der Waals surface area contributed by atoms with Gasteiger partial charge in [-0.3, -0.25) is 9.59 Å². The van der Waals surface area contributed by atoms with E-state index < -0.39 is 12.1 Å². The monoisotopic (exact) mass is 512 g/mol. The molecule has 0 radical (unpaired) electrons. The van der Waals surface area contributed by atoms with Crippen LogP contribution in [0.25, 0.3) is 0 Å². The van der Waals surface area contributed by atoms with Crippen LogP contribution in [0, 0.1) is 0 Å². The second-order valence-electron chi connectivity index (χ2n) is 7.24. The highest BCUT2D eigenvalue weighted by molar-refractivity contribution is 9.10. The van der Waals surface area contributed by atoms with E-state index >= 15 is 0 Å². The zero-order valence-electron chi connectivity index (χ0n) is 17.1. The van der Waals surface area contributed by atoms with Crippen LogP contribution in [-0.2, 0) is 4.79 Å². The van der Waals surface area contributed by atoms with E-state index in [0.717, 1.165) is 15.6 Å². The number of benzene rings is 3. The highest BCUT2D eigenvalue weighted by atomic mass is 79.9. The molecule has 0 spiro atoms. The van der Waals surface area contributed by atoms with Gasteiger partial charge in [-0.2, -0.15) is 0 Å². The number of halogens is 2. The number of carbonyl (C=O) groups is 2. The first-order chi connectivity index (χ1) is 15.4. The van der Waals surface area contributed by atoms with Gasteiger partial charge in [-0.15, -0.1) is 10.1 Å². The molecule has 0 unspecified atom stereocenters. The minimum absolute atomic E-state index is 0.304. The lowest BCUT2D eigenvalue weighted by Crippen LogP contribution is -2.42. The SMILES string of the molecule is COc1ccc([C@@H]2[C@H](NC(=O)c3ccc(Cl)cc3)C(=O)N/[N+]2=C\c2ccc(Br)cc2)cc1. The number of ether oxygens (including phenoxy) is 1. The number of rotatable bonds is 5. The molecule has 32 heavy (non-hydrogen) atoms. The van der Waals surface area contributed by atoms with Gasteiger partial charge in [0.1, 0.15) is 5.75 Å². The van der Waals surface area contributed by atoms with Crippen LogP contribution in [0.4, 0.5) is 0 Å². The predicted molar refractivity (Wildman–Crippen MR) is 126 cm³/mol. The summed E-state index contributed by atoms with van der Waals surface area (Å²) >= 11 is 9.35. The number of hydrogen-bond acceptors (Lipinski definition) is 3. The van der Waals surface area contributed by atoms with Gasteiger partial charge < -0.3 is 10.1 Å². The van der Waals surface area contributed by atoms with Crippen molar-refractivity contribution in [1.82, 2.24) is 10.7 Å². The van der Waals surface area contributed by atoms with E-state index in [-0.39, 0.29) is 11.8 Å². The van der Waals surface area contributed by atoms with E-state index in [4.69, 9.17) is 16.3 Å². The van der Waals surface area contributed by atoms with Crippen LogP contribution in [0.3, 0.4) is 0 Å². The van der Waals surface area contributed by atoms with Gasteiger partial charge >= 0.3 is 5.91 Å². The zero-order chi connectivity index (χ0) is 22.7. The molecule has 8 heteroatoms. The third kappa shape index (κ3) is 4.84. The second kappa shape index (κ2) is 9.54. The summed E-state index contributed by atoms with van der Waals surface area (Å²) in [7, 11) is 1.60. The van der Waals surface area contributed by atoms with Crippen LogP contribution >= 0.6 is 27.5 Å². The molecule has 3 aromatic carbocycles. The van der Waals surface area contributed by atoms with Crippen molar-refractivity contribution in [3.8, 4) is 5.75 Å². The standard InChI is InChI=1S/C24H19BrClN3O3/c1-32-20-12-6-16(7-13-20)22-21(27-23(30)17-4-10-19(26)11-5-17)24(31)28-29(22)14-15-2-8-18(25)9-3-15/h2-14,21-22H,1H3,(H-,27,28,30,31)/p+1/b29-14-/t21-,22+/m0/s1. The maximum absolute atomic E-state index is 12.9. The molecule has 2 N–H and O–H groups in total. The molecule has 0 aliphatic carbocycles. The average molecular weight is 514 g/mol. The summed E-state index contributed by atoms with van der Waals surface area (Å²) in [5.74, 6) is 0.0449. The first kappa shape index (κ1) is 22.0. The minimum Gasteiger partial charge on any atom is -0.497 e. The molecule has 1 fully saturated rings. The van der Waals surface area contributed by atoms with Crippen molar-refractivity contribution in [2.75, 3.05) is 7.11 Å². The van der Waals surface area contributed by atoms with Gasteiger partial charge in [-0.25, -0.2) is 0 Å². The van der Waals surface area contributed by atoms with E-state index in [2.05, 4.69) is 26.7 Å². The molecule has 0 aromatic heterocycles. The Labute approximate surface area is 199 Å². The minimum atomic E-state index is -0.807. The van der Waals surface area contributed by atoms with Gasteiger partial charge in [-0.1, -0.05) is 27.5 Å². The van der Waals surface area contributed by atoms with Crippen LogP contribution in [0.15, 0.2) is 77.3 Å². The third-order valence-electron chi connectivity index (χ3n) is 5.15. The number of hydrazone groups is 1. The molecule has 1 aliphatic heterocycles. The Balaban J connectivity index is 1.69. The van der Waals surface area contributed by atoms with Crippen molar-refractivity contribution in [2.45, 2.75) is 12.1 Å². The van der Waals surface area contributed by atoms with E-state index in [0.29, 0.717) is 16.3 Å². The zero-order valence-corrected chi connectivity index (χ0v) is 19.4. The summed E-state index contributed by atoms with van der Waals surface area (Å²) in [4.78, 5) is 25.8. The molecule has 162 valence electrons. The fourth-order valence-electron chi connectivity index (χ4n) is 3.52. The van der Waals surface area contributed by atoms with Crippen molar-refractivity contribution in [1.29, 1.82) is 0 Å². The van der Waals surface area contributed by atoms with Gasteiger partial charge in [0.2, 0.25) is 12.3 Å². The lowest BCUT2D eigenvalue weighted by molar-refractivity contribution is -0.596. The highest BCUT2D eigenvalue weighted by Gasteiger charge is 2.47. The molecular weight excluding hydrogens is 494 g/mol. The molecule has 1 aliphatic rings. The van der Waals surface area contributed by atoms with Gasteiger partial charge in [0, 0.05) is 26.2 Å². The first-order valence-corrected chi connectivity index (χ1v) is 11.0. The number of hydrogen-bond donors (Lipinski definition) is 2. The highest BCUT2D eigenvalue weighted by Crippen LogP contribution is 2.27. The fraction of sp³-hybridized carbons (Fsp3) is 0.125. The Morgan fingerprint density at radius 2 is 1.72 bits per heavy atom. The Bertz CT molecular complexity index is 1160. The van der Waals surface area contributed by atoms with E-state index in [1.165, 1.54) is 0 Å². The number of amides is 2. The van der Waals surface area contributed by atoms with Crippen LogP contribution in [-0.4, -0.2) is 35.9 Å². The van der Waals surface area contributed by atoms with E-state index in [1.807, 2.05) is 54.7 Å². The number of hydrazine groups is 1. The molecule has 2 atom stereocenters. The summed E-state index contributed by atoms with van der Waals surface area (Å²) in [6, 6.07) is 20.4. The van der Waals surface area contributed by atoms with Crippen molar-refractivity contribution in [3.63, 3.8) is 0 Å². The number of nitrogens with one attached hydrogen (secondary N) is 2. The van der Waals surface area contributed by atoms with E-state index in [9.17, 15) is 9.59 Å². The molecule has 1 heterocycles. The Kier molecular flexibility index (Phi) is 6.58. The number of carbonyl (C=O) groups excluding carboxylic acids is 2. The van der Waals surface area contributed by atoms with Crippen molar-refractivity contribution >= 4 is 45.6 Å². The molecule has 6 nitrogen and oxygen atoms in total. The smallest absolute Gasteiger partial charge is 0.304 e. The quantitative estimate of drug-likeness (QED) is 0.504. The van der Waals surface area contributed by atoms with Gasteiger partial charge in [0.25, 0.3) is 5.91 Å². The summed E-state index contributed by atoms with van der Waals surface area (Å²) in [6.07, 6.45) is 1.84. The maximum Gasteiger partial charge on any atom is 0.304 e. The van der Waals surface area contributed by atoms with Crippen LogP contribution in [0.1, 0.15) is 27.5 Å². The largest absolute Gasteiger partial charge is 0.497 e. The average Bonchev–Trinajstić information content (AvgIpc) is 3.10. The molecule has 0 saturated carbocycles. The second-order valence-corrected chi connectivity index (χ2v) is 8.59.